The number of nitrogens with zero attached hydrogens (tertiary/aromatic N) is 2. The second kappa shape index (κ2) is 4.33. The predicted octanol–water partition coefficient (Wildman–Crippen LogP) is 3.11. The molecule has 0 spiro atoms. The van der Waals surface area contributed by atoms with E-state index in [1.165, 1.54) is 0 Å². The summed E-state index contributed by atoms with van der Waals surface area (Å²) in [6.45, 7) is 0. The van der Waals surface area contributed by atoms with Crippen LogP contribution in [0.3, 0.4) is 0 Å². The second-order valence-corrected chi connectivity index (χ2v) is 3.84. The molecule has 0 aliphatic heterocycles. The Kier molecular flexibility index (Phi) is 2.53. The summed E-state index contributed by atoms with van der Waals surface area (Å²) in [7, 11) is 0. The number of benzene rings is 2. The van der Waals surface area contributed by atoms with Crippen molar-refractivity contribution in [3.63, 3.8) is 0 Å². The minimum atomic E-state index is 0.210. The maximum absolute atomic E-state index is 9.22. The summed E-state index contributed by atoms with van der Waals surface area (Å²) in [6.07, 6.45) is 0. The first-order valence-corrected chi connectivity index (χ1v) is 5.51. The Morgan fingerprint density at radius 3 is 2.28 bits per heavy atom. The average Bonchev–Trinajstić information content (AvgIpc) is 2.90. The quantitative estimate of drug-likeness (QED) is 0.745. The highest BCUT2D eigenvalue weighted by Crippen LogP contribution is 2.23. The summed E-state index contributed by atoms with van der Waals surface area (Å²) in [4.78, 5) is 4.32. The number of phenolic OH excluding ortho intramolecular Hbond substituents is 1. The molecule has 0 aliphatic rings. The topological polar surface area (TPSA) is 59.2 Å². The lowest BCUT2D eigenvalue weighted by Crippen LogP contribution is -1.80. The van der Waals surface area contributed by atoms with Gasteiger partial charge in [-0.3, -0.25) is 0 Å². The molecule has 1 heterocycles. The third kappa shape index (κ3) is 1.96. The average molecular weight is 238 g/mol. The zero-order valence-corrected chi connectivity index (χ0v) is 9.45. The first-order chi connectivity index (χ1) is 8.83. The fraction of sp³-hybridized carbons (Fsp3) is 0. The van der Waals surface area contributed by atoms with Crippen LogP contribution in [-0.2, 0) is 0 Å². The van der Waals surface area contributed by atoms with E-state index >= 15 is 0 Å². The lowest BCUT2D eigenvalue weighted by Gasteiger charge is -1.94. The minimum absolute atomic E-state index is 0.210. The lowest BCUT2D eigenvalue weighted by atomic mass is 10.2. The van der Waals surface area contributed by atoms with Crippen molar-refractivity contribution in [3.05, 3.63) is 54.6 Å². The molecule has 1 aromatic heterocycles. The van der Waals surface area contributed by atoms with E-state index in [0.29, 0.717) is 11.7 Å². The molecule has 88 valence electrons. The molecule has 0 bridgehead atoms. The first kappa shape index (κ1) is 10.5. The van der Waals surface area contributed by atoms with Crippen LogP contribution in [0.2, 0.25) is 0 Å². The van der Waals surface area contributed by atoms with Gasteiger partial charge < -0.3 is 9.63 Å². The van der Waals surface area contributed by atoms with Crippen molar-refractivity contribution in [3.8, 4) is 28.6 Å². The van der Waals surface area contributed by atoms with E-state index in [9.17, 15) is 5.11 Å². The maximum atomic E-state index is 9.22. The van der Waals surface area contributed by atoms with Crippen LogP contribution in [0.5, 0.6) is 5.75 Å². The molecule has 0 atom stereocenters. The van der Waals surface area contributed by atoms with Crippen LogP contribution in [0.25, 0.3) is 22.8 Å². The number of hydrogen-bond acceptors (Lipinski definition) is 4. The fourth-order valence-electron chi connectivity index (χ4n) is 1.65. The Morgan fingerprint density at radius 1 is 0.833 bits per heavy atom. The molecule has 0 amide bonds. The molecular weight excluding hydrogens is 228 g/mol. The third-order valence-corrected chi connectivity index (χ3v) is 2.57. The van der Waals surface area contributed by atoms with Crippen LogP contribution >= 0.6 is 0 Å². The van der Waals surface area contributed by atoms with Gasteiger partial charge >= 0.3 is 0 Å². The summed E-state index contributed by atoms with van der Waals surface area (Å²) in [5, 5.41) is 13.2. The van der Waals surface area contributed by atoms with Gasteiger partial charge in [0.25, 0.3) is 5.89 Å². The molecule has 0 unspecified atom stereocenters. The van der Waals surface area contributed by atoms with Gasteiger partial charge in [0.15, 0.2) is 0 Å². The van der Waals surface area contributed by atoms with E-state index in [0.717, 1.165) is 11.1 Å². The monoisotopic (exact) mass is 238 g/mol. The van der Waals surface area contributed by atoms with E-state index in [1.54, 1.807) is 24.3 Å². The van der Waals surface area contributed by atoms with Gasteiger partial charge in [0.1, 0.15) is 5.75 Å². The molecule has 4 heteroatoms. The standard InChI is InChI=1S/C14H10N2O2/c17-12-8-6-11(7-9-12)14-15-13(16-18-14)10-4-2-1-3-5-10/h1-9,17H. The molecule has 3 rings (SSSR count). The molecule has 3 aromatic rings. The van der Waals surface area contributed by atoms with Crippen LogP contribution in [-0.4, -0.2) is 15.2 Å². The summed E-state index contributed by atoms with van der Waals surface area (Å²) in [5.74, 6) is 1.20. The van der Waals surface area contributed by atoms with Crippen LogP contribution in [0.1, 0.15) is 0 Å². The van der Waals surface area contributed by atoms with Crippen molar-refractivity contribution in [1.29, 1.82) is 0 Å². The fourth-order valence-corrected chi connectivity index (χ4v) is 1.65. The van der Waals surface area contributed by atoms with Crippen molar-refractivity contribution < 1.29 is 9.63 Å². The van der Waals surface area contributed by atoms with Gasteiger partial charge in [-0.15, -0.1) is 0 Å². The van der Waals surface area contributed by atoms with Gasteiger partial charge in [-0.25, -0.2) is 0 Å². The Balaban J connectivity index is 1.97. The molecule has 0 saturated carbocycles. The van der Waals surface area contributed by atoms with E-state index in [-0.39, 0.29) is 5.75 Å². The number of rotatable bonds is 2. The van der Waals surface area contributed by atoms with Gasteiger partial charge in [0.2, 0.25) is 5.82 Å². The third-order valence-electron chi connectivity index (χ3n) is 2.57. The van der Waals surface area contributed by atoms with Gasteiger partial charge in [-0.05, 0) is 24.3 Å². The highest BCUT2D eigenvalue weighted by Gasteiger charge is 2.09. The summed E-state index contributed by atoms with van der Waals surface area (Å²) in [5.41, 5.74) is 1.69. The van der Waals surface area contributed by atoms with Crippen molar-refractivity contribution >= 4 is 0 Å². The van der Waals surface area contributed by atoms with Gasteiger partial charge in [-0.1, -0.05) is 35.5 Å². The highest BCUT2D eigenvalue weighted by atomic mass is 16.5. The summed E-state index contributed by atoms with van der Waals surface area (Å²) in [6, 6.07) is 16.3. The van der Waals surface area contributed by atoms with E-state index in [1.807, 2.05) is 30.3 Å². The number of aromatic nitrogens is 2. The SMILES string of the molecule is Oc1ccc(-c2nc(-c3ccccc3)no2)cc1. The zero-order valence-electron chi connectivity index (χ0n) is 9.45. The van der Waals surface area contributed by atoms with Crippen molar-refractivity contribution in [2.24, 2.45) is 0 Å². The van der Waals surface area contributed by atoms with Gasteiger partial charge in [0.05, 0.1) is 0 Å². The summed E-state index contributed by atoms with van der Waals surface area (Å²) >= 11 is 0. The zero-order chi connectivity index (χ0) is 12.4. The smallest absolute Gasteiger partial charge is 0.258 e. The number of hydrogen-bond donors (Lipinski definition) is 1. The molecule has 0 saturated heterocycles. The normalized spacial score (nSPS) is 10.4. The predicted molar refractivity (Wildman–Crippen MR) is 66.8 cm³/mol. The molecule has 2 aromatic carbocycles. The molecule has 18 heavy (non-hydrogen) atoms. The van der Waals surface area contributed by atoms with Crippen molar-refractivity contribution in [2.75, 3.05) is 0 Å². The Morgan fingerprint density at radius 2 is 1.56 bits per heavy atom. The Hall–Kier alpha value is -2.62. The minimum Gasteiger partial charge on any atom is -0.508 e. The lowest BCUT2D eigenvalue weighted by molar-refractivity contribution is 0.432. The van der Waals surface area contributed by atoms with E-state index < -0.39 is 0 Å². The van der Waals surface area contributed by atoms with E-state index in [4.69, 9.17) is 4.52 Å². The number of aromatic hydroxyl groups is 1. The largest absolute Gasteiger partial charge is 0.508 e. The van der Waals surface area contributed by atoms with Crippen molar-refractivity contribution in [1.82, 2.24) is 10.1 Å². The van der Waals surface area contributed by atoms with Gasteiger partial charge in [0, 0.05) is 11.1 Å². The Labute approximate surface area is 104 Å². The maximum Gasteiger partial charge on any atom is 0.258 e. The Bertz CT molecular complexity index is 645. The highest BCUT2D eigenvalue weighted by molar-refractivity contribution is 5.60. The number of phenols is 1. The van der Waals surface area contributed by atoms with Crippen LogP contribution < -0.4 is 0 Å². The second-order valence-electron chi connectivity index (χ2n) is 3.84. The van der Waals surface area contributed by atoms with Crippen LogP contribution in [0.4, 0.5) is 0 Å². The molecular formula is C14H10N2O2. The summed E-state index contributed by atoms with van der Waals surface area (Å²) < 4.78 is 5.20. The van der Waals surface area contributed by atoms with Crippen LogP contribution in [0.15, 0.2) is 59.1 Å². The molecule has 0 fully saturated rings. The van der Waals surface area contributed by atoms with Gasteiger partial charge in [-0.2, -0.15) is 4.98 Å². The van der Waals surface area contributed by atoms with E-state index in [2.05, 4.69) is 10.1 Å². The first-order valence-electron chi connectivity index (χ1n) is 5.51. The van der Waals surface area contributed by atoms with Crippen LogP contribution in [0, 0.1) is 0 Å². The molecule has 1 N–H and O–H groups in total. The molecule has 0 aliphatic carbocycles. The molecule has 4 nitrogen and oxygen atoms in total. The van der Waals surface area contributed by atoms with Crippen molar-refractivity contribution in [2.45, 2.75) is 0 Å². The molecule has 0 radical (unpaired) electrons.